The van der Waals surface area contributed by atoms with Crippen molar-refractivity contribution in [3.8, 4) is 22.6 Å². The summed E-state index contributed by atoms with van der Waals surface area (Å²) in [5, 5.41) is 32.5. The molecule has 0 spiro atoms. The Bertz CT molecular complexity index is 1360. The monoisotopic (exact) mass is 597 g/mol. The van der Waals surface area contributed by atoms with Gasteiger partial charge < -0.3 is 30.1 Å². The number of aryl methyl sites for hydroxylation is 1. The zero-order valence-electron chi connectivity index (χ0n) is 25.7. The lowest BCUT2D eigenvalue weighted by atomic mass is 10.0. The fraction of sp³-hybridized carbons (Fsp3) is 0.368. The van der Waals surface area contributed by atoms with E-state index in [-0.39, 0.29) is 12.4 Å². The molecule has 4 N–H and O–H groups in total. The van der Waals surface area contributed by atoms with Crippen molar-refractivity contribution < 1.29 is 24.8 Å². The Hall–Kier alpha value is -3.68. The molecule has 0 saturated heterocycles. The second-order valence-corrected chi connectivity index (χ2v) is 11.2. The van der Waals surface area contributed by atoms with Crippen molar-refractivity contribution in [1.82, 2.24) is 5.32 Å². The largest absolute Gasteiger partial charge is 0.508 e. The molecule has 0 bridgehead atoms. The molecule has 0 aliphatic rings. The average molecular weight is 598 g/mol. The van der Waals surface area contributed by atoms with Crippen LogP contribution in [0.3, 0.4) is 0 Å². The van der Waals surface area contributed by atoms with Gasteiger partial charge in [-0.3, -0.25) is 0 Å². The molecular weight excluding hydrogens is 550 g/mol. The molecule has 0 radical (unpaired) electrons. The number of aliphatic hydroxyl groups excluding tert-OH is 2. The standard InChI is InChI=1S/C38H47NO5/c40-28-35-26-34(18-21-37(35)41)38(42)27-39-22-7-1-2-8-23-43-24-9-6-11-30-14-10-15-33(25-30)32-16-19-36(20-17-32)44-29-31-12-4-3-5-13-31/h3-5,10,12-21,25-26,38-42H,1-2,6-9,11,22-24,27-29H2. The molecule has 44 heavy (non-hydrogen) atoms. The highest BCUT2D eigenvalue weighted by Crippen LogP contribution is 2.25. The van der Waals surface area contributed by atoms with E-state index < -0.39 is 6.10 Å². The van der Waals surface area contributed by atoms with Gasteiger partial charge in [0.25, 0.3) is 0 Å². The molecule has 0 saturated carbocycles. The third kappa shape index (κ3) is 11.4. The van der Waals surface area contributed by atoms with Crippen LogP contribution in [0.5, 0.6) is 11.5 Å². The quantitative estimate of drug-likeness (QED) is 0.0797. The van der Waals surface area contributed by atoms with Crippen molar-refractivity contribution in [3.63, 3.8) is 0 Å². The first-order valence-corrected chi connectivity index (χ1v) is 15.9. The molecule has 0 fully saturated rings. The molecule has 6 heteroatoms. The lowest BCUT2D eigenvalue weighted by Gasteiger charge is -2.14. The minimum atomic E-state index is -0.665. The second-order valence-electron chi connectivity index (χ2n) is 11.2. The van der Waals surface area contributed by atoms with Gasteiger partial charge in [-0.2, -0.15) is 0 Å². The minimum Gasteiger partial charge on any atom is -0.508 e. The molecule has 234 valence electrons. The van der Waals surface area contributed by atoms with Gasteiger partial charge >= 0.3 is 0 Å². The van der Waals surface area contributed by atoms with Gasteiger partial charge in [-0.1, -0.05) is 85.6 Å². The topological polar surface area (TPSA) is 91.2 Å². The third-order valence-corrected chi connectivity index (χ3v) is 7.76. The number of phenols is 1. The molecule has 0 heterocycles. The third-order valence-electron chi connectivity index (χ3n) is 7.76. The van der Waals surface area contributed by atoms with E-state index in [2.05, 4.69) is 53.8 Å². The van der Waals surface area contributed by atoms with Crippen molar-refractivity contribution in [2.75, 3.05) is 26.3 Å². The Morgan fingerprint density at radius 1 is 0.682 bits per heavy atom. The summed E-state index contributed by atoms with van der Waals surface area (Å²) in [4.78, 5) is 0. The maximum Gasteiger partial charge on any atom is 0.121 e. The molecular formula is C38H47NO5. The number of ether oxygens (including phenoxy) is 2. The van der Waals surface area contributed by atoms with E-state index in [0.29, 0.717) is 24.3 Å². The first kappa shape index (κ1) is 33.2. The molecule has 4 rings (SSSR count). The van der Waals surface area contributed by atoms with Gasteiger partial charge in [-0.25, -0.2) is 0 Å². The highest BCUT2D eigenvalue weighted by molar-refractivity contribution is 5.65. The summed E-state index contributed by atoms with van der Waals surface area (Å²) >= 11 is 0. The maximum absolute atomic E-state index is 10.3. The normalized spacial score (nSPS) is 11.9. The minimum absolute atomic E-state index is 0.0473. The van der Waals surface area contributed by atoms with Crippen LogP contribution in [0.15, 0.2) is 97.1 Å². The predicted octanol–water partition coefficient (Wildman–Crippen LogP) is 7.35. The SMILES string of the molecule is OCc1cc(C(O)CNCCCCCCOCCCCc2cccc(-c3ccc(OCc4ccccc4)cc3)c2)ccc1O. The van der Waals surface area contributed by atoms with Crippen molar-refractivity contribution in [2.24, 2.45) is 0 Å². The van der Waals surface area contributed by atoms with E-state index in [1.54, 1.807) is 12.1 Å². The lowest BCUT2D eigenvalue weighted by Crippen LogP contribution is -2.22. The van der Waals surface area contributed by atoms with Gasteiger partial charge in [0, 0.05) is 25.3 Å². The number of hydrogen-bond donors (Lipinski definition) is 4. The van der Waals surface area contributed by atoms with Crippen molar-refractivity contribution in [2.45, 2.75) is 64.3 Å². The average Bonchev–Trinajstić information content (AvgIpc) is 3.07. The molecule has 0 aliphatic carbocycles. The molecule has 4 aromatic rings. The van der Waals surface area contributed by atoms with Crippen LogP contribution in [0.4, 0.5) is 0 Å². The van der Waals surface area contributed by atoms with E-state index in [9.17, 15) is 15.3 Å². The van der Waals surface area contributed by atoms with E-state index in [0.717, 1.165) is 76.0 Å². The summed E-state index contributed by atoms with van der Waals surface area (Å²) in [5.41, 5.74) is 6.06. The fourth-order valence-corrected chi connectivity index (χ4v) is 5.13. The van der Waals surface area contributed by atoms with Crippen LogP contribution in [0.2, 0.25) is 0 Å². The zero-order chi connectivity index (χ0) is 30.8. The molecule has 0 aliphatic heterocycles. The predicted molar refractivity (Wildman–Crippen MR) is 177 cm³/mol. The Morgan fingerprint density at radius 2 is 1.43 bits per heavy atom. The van der Waals surface area contributed by atoms with Crippen LogP contribution in [0.25, 0.3) is 11.1 Å². The van der Waals surface area contributed by atoms with Crippen LogP contribution >= 0.6 is 0 Å². The first-order chi connectivity index (χ1) is 21.6. The lowest BCUT2D eigenvalue weighted by molar-refractivity contribution is 0.126. The highest BCUT2D eigenvalue weighted by Gasteiger charge is 2.10. The number of rotatable bonds is 20. The Morgan fingerprint density at radius 3 is 2.23 bits per heavy atom. The van der Waals surface area contributed by atoms with Gasteiger partial charge in [0.15, 0.2) is 0 Å². The van der Waals surface area contributed by atoms with Crippen LogP contribution < -0.4 is 10.1 Å². The molecule has 1 atom stereocenters. The van der Waals surface area contributed by atoms with Gasteiger partial charge in [0.05, 0.1) is 12.7 Å². The maximum atomic E-state index is 10.3. The van der Waals surface area contributed by atoms with E-state index in [1.807, 2.05) is 30.3 Å². The van der Waals surface area contributed by atoms with Gasteiger partial charge in [-0.15, -0.1) is 0 Å². The van der Waals surface area contributed by atoms with Crippen molar-refractivity contribution in [3.05, 3.63) is 119 Å². The first-order valence-electron chi connectivity index (χ1n) is 15.9. The van der Waals surface area contributed by atoms with E-state index >= 15 is 0 Å². The Labute approximate surface area is 262 Å². The summed E-state index contributed by atoms with van der Waals surface area (Å²) in [7, 11) is 0. The van der Waals surface area contributed by atoms with Crippen molar-refractivity contribution in [1.29, 1.82) is 0 Å². The summed E-state index contributed by atoms with van der Waals surface area (Å²) in [6.45, 7) is 3.23. The number of hydrogen-bond acceptors (Lipinski definition) is 6. The molecule has 0 aromatic heterocycles. The number of nitrogens with one attached hydrogen (secondary N) is 1. The van der Waals surface area contributed by atoms with Gasteiger partial charge in [-0.05, 0) is 90.7 Å². The molecule has 1 unspecified atom stereocenters. The van der Waals surface area contributed by atoms with E-state index in [4.69, 9.17) is 9.47 Å². The van der Waals surface area contributed by atoms with Gasteiger partial charge in [0.2, 0.25) is 0 Å². The number of unbranched alkanes of at least 4 members (excludes halogenated alkanes) is 4. The Balaban J connectivity index is 1.01. The van der Waals surface area contributed by atoms with Crippen LogP contribution in [0.1, 0.15) is 66.9 Å². The van der Waals surface area contributed by atoms with Crippen molar-refractivity contribution >= 4 is 0 Å². The number of benzene rings is 4. The second kappa shape index (κ2) is 18.9. The number of aromatic hydroxyl groups is 1. The number of aliphatic hydroxyl groups is 2. The van der Waals surface area contributed by atoms with Crippen LogP contribution in [-0.2, 0) is 24.4 Å². The molecule has 0 amide bonds. The summed E-state index contributed by atoms with van der Waals surface area (Å²) < 4.78 is 11.8. The molecule has 4 aromatic carbocycles. The van der Waals surface area contributed by atoms with Crippen LogP contribution in [-0.4, -0.2) is 41.6 Å². The fourth-order valence-electron chi connectivity index (χ4n) is 5.13. The zero-order valence-corrected chi connectivity index (χ0v) is 25.7. The van der Waals surface area contributed by atoms with Gasteiger partial charge in [0.1, 0.15) is 18.1 Å². The highest BCUT2D eigenvalue weighted by atomic mass is 16.5. The summed E-state index contributed by atoms with van der Waals surface area (Å²) in [5.74, 6) is 0.926. The molecule has 6 nitrogen and oxygen atoms in total. The summed E-state index contributed by atoms with van der Waals surface area (Å²) in [6, 6.07) is 32.2. The smallest absolute Gasteiger partial charge is 0.121 e. The van der Waals surface area contributed by atoms with E-state index in [1.165, 1.54) is 22.8 Å². The summed E-state index contributed by atoms with van der Waals surface area (Å²) in [6.07, 6.45) is 6.93. The van der Waals surface area contributed by atoms with Crippen LogP contribution in [0, 0.1) is 0 Å². The Kier molecular flexibility index (Phi) is 14.2.